The molecule has 1 aliphatic rings. The molecule has 0 radical (unpaired) electrons. The van der Waals surface area contributed by atoms with Gasteiger partial charge in [0.1, 0.15) is 0 Å². The molecule has 1 heterocycles. The highest BCUT2D eigenvalue weighted by molar-refractivity contribution is 4.88. The van der Waals surface area contributed by atoms with E-state index in [4.69, 9.17) is 0 Å². The molecule has 0 spiro atoms. The van der Waals surface area contributed by atoms with Gasteiger partial charge in [-0.15, -0.1) is 0 Å². The topological polar surface area (TPSA) is 12.0 Å². The van der Waals surface area contributed by atoms with Crippen molar-refractivity contribution in [2.45, 2.75) is 33.6 Å². The van der Waals surface area contributed by atoms with E-state index >= 15 is 0 Å². The summed E-state index contributed by atoms with van der Waals surface area (Å²) in [7, 11) is 0. The predicted molar refractivity (Wildman–Crippen MR) is 45.0 cm³/mol. The molecule has 1 fully saturated rings. The molecule has 1 heteroatoms. The van der Waals surface area contributed by atoms with Crippen LogP contribution in [0.3, 0.4) is 0 Å². The Labute approximate surface area is 64.2 Å². The van der Waals surface area contributed by atoms with Crippen molar-refractivity contribution in [3.05, 3.63) is 0 Å². The Morgan fingerprint density at radius 2 is 2.20 bits per heavy atom. The Balaban J connectivity index is 2.58. The lowest BCUT2D eigenvalue weighted by atomic mass is 9.74. The van der Waals surface area contributed by atoms with Gasteiger partial charge in [-0.1, -0.05) is 20.8 Å². The minimum atomic E-state index is 0.625. The molecule has 10 heavy (non-hydrogen) atoms. The summed E-state index contributed by atoms with van der Waals surface area (Å²) in [5, 5.41) is 3.45. The van der Waals surface area contributed by atoms with E-state index in [0.717, 1.165) is 5.92 Å². The molecule has 0 amide bonds. The van der Waals surface area contributed by atoms with Crippen LogP contribution in [0.2, 0.25) is 0 Å². The number of nitrogens with one attached hydrogen (secondary N) is 1. The van der Waals surface area contributed by atoms with Crippen LogP contribution >= 0.6 is 0 Å². The normalized spacial score (nSPS) is 33.6. The first-order valence-electron chi connectivity index (χ1n) is 4.42. The SMILES string of the molecule is CCC1(C(C)C)CCNC1. The fourth-order valence-electron chi connectivity index (χ4n) is 1.97. The average molecular weight is 141 g/mol. The maximum atomic E-state index is 3.45. The van der Waals surface area contributed by atoms with E-state index in [9.17, 15) is 0 Å². The Bertz CT molecular complexity index is 101. The van der Waals surface area contributed by atoms with Gasteiger partial charge in [0.2, 0.25) is 0 Å². The molecule has 0 aromatic rings. The Morgan fingerprint density at radius 3 is 2.40 bits per heavy atom. The molecule has 0 bridgehead atoms. The summed E-state index contributed by atoms with van der Waals surface area (Å²) in [6.45, 7) is 9.47. The van der Waals surface area contributed by atoms with Crippen LogP contribution in [0.4, 0.5) is 0 Å². The summed E-state index contributed by atoms with van der Waals surface area (Å²) in [4.78, 5) is 0. The minimum Gasteiger partial charge on any atom is -0.316 e. The Hall–Kier alpha value is -0.0400. The highest BCUT2D eigenvalue weighted by Gasteiger charge is 2.34. The van der Waals surface area contributed by atoms with E-state index in [2.05, 4.69) is 26.1 Å². The van der Waals surface area contributed by atoms with Crippen molar-refractivity contribution in [3.63, 3.8) is 0 Å². The second kappa shape index (κ2) is 2.91. The van der Waals surface area contributed by atoms with Gasteiger partial charge >= 0.3 is 0 Å². The van der Waals surface area contributed by atoms with Gasteiger partial charge in [-0.2, -0.15) is 0 Å². The lowest BCUT2D eigenvalue weighted by molar-refractivity contribution is 0.209. The molecule has 1 rings (SSSR count). The third-order valence-electron chi connectivity index (χ3n) is 3.21. The van der Waals surface area contributed by atoms with Crippen molar-refractivity contribution in [3.8, 4) is 0 Å². The predicted octanol–water partition coefficient (Wildman–Crippen LogP) is 2.03. The van der Waals surface area contributed by atoms with Crippen molar-refractivity contribution >= 4 is 0 Å². The maximum Gasteiger partial charge on any atom is 0.00106 e. The number of hydrogen-bond acceptors (Lipinski definition) is 1. The van der Waals surface area contributed by atoms with Crippen LogP contribution in [0.5, 0.6) is 0 Å². The lowest BCUT2D eigenvalue weighted by Crippen LogP contribution is -2.28. The van der Waals surface area contributed by atoms with Crippen LogP contribution in [-0.2, 0) is 0 Å². The average Bonchev–Trinajstić information content (AvgIpc) is 2.35. The highest BCUT2D eigenvalue weighted by Crippen LogP contribution is 2.36. The van der Waals surface area contributed by atoms with Crippen LogP contribution in [0, 0.1) is 11.3 Å². The molecular weight excluding hydrogens is 122 g/mol. The van der Waals surface area contributed by atoms with E-state index in [1.807, 2.05) is 0 Å². The third kappa shape index (κ3) is 1.20. The first-order valence-corrected chi connectivity index (χ1v) is 4.42. The highest BCUT2D eigenvalue weighted by atomic mass is 14.9. The smallest absolute Gasteiger partial charge is 0.00106 e. The molecule has 1 unspecified atom stereocenters. The van der Waals surface area contributed by atoms with Crippen molar-refractivity contribution in [2.75, 3.05) is 13.1 Å². The molecule has 0 saturated carbocycles. The molecule has 0 aromatic carbocycles. The Morgan fingerprint density at radius 1 is 1.50 bits per heavy atom. The molecule has 0 aromatic heterocycles. The van der Waals surface area contributed by atoms with Crippen molar-refractivity contribution < 1.29 is 0 Å². The molecule has 1 nitrogen and oxygen atoms in total. The van der Waals surface area contributed by atoms with E-state index in [-0.39, 0.29) is 0 Å². The Kier molecular flexibility index (Phi) is 2.35. The summed E-state index contributed by atoms with van der Waals surface area (Å²) in [6.07, 6.45) is 2.71. The second-order valence-electron chi connectivity index (χ2n) is 3.80. The molecule has 0 aliphatic carbocycles. The fourth-order valence-corrected chi connectivity index (χ4v) is 1.97. The van der Waals surface area contributed by atoms with E-state index in [1.54, 1.807) is 0 Å². The van der Waals surface area contributed by atoms with Crippen molar-refractivity contribution in [2.24, 2.45) is 11.3 Å². The van der Waals surface area contributed by atoms with Gasteiger partial charge in [-0.3, -0.25) is 0 Å². The first-order chi connectivity index (χ1) is 4.71. The standard InChI is InChI=1S/C9H19N/c1-4-9(8(2)3)5-6-10-7-9/h8,10H,4-7H2,1-3H3. The quantitative estimate of drug-likeness (QED) is 0.620. The van der Waals surface area contributed by atoms with Crippen molar-refractivity contribution in [1.82, 2.24) is 5.32 Å². The summed E-state index contributed by atoms with van der Waals surface area (Å²) < 4.78 is 0. The van der Waals surface area contributed by atoms with Crippen LogP contribution in [0.25, 0.3) is 0 Å². The van der Waals surface area contributed by atoms with Crippen molar-refractivity contribution in [1.29, 1.82) is 0 Å². The van der Waals surface area contributed by atoms with Crippen LogP contribution in [0.1, 0.15) is 33.6 Å². The molecule has 1 aliphatic heterocycles. The molecular formula is C9H19N. The van der Waals surface area contributed by atoms with Crippen LogP contribution in [0.15, 0.2) is 0 Å². The maximum absolute atomic E-state index is 3.45. The van der Waals surface area contributed by atoms with Crippen LogP contribution < -0.4 is 5.32 Å². The summed E-state index contributed by atoms with van der Waals surface area (Å²) >= 11 is 0. The number of rotatable bonds is 2. The van der Waals surface area contributed by atoms with E-state index < -0.39 is 0 Å². The van der Waals surface area contributed by atoms with Gasteiger partial charge in [0.25, 0.3) is 0 Å². The van der Waals surface area contributed by atoms with Gasteiger partial charge in [-0.25, -0.2) is 0 Å². The molecule has 1 N–H and O–H groups in total. The zero-order valence-corrected chi connectivity index (χ0v) is 7.41. The minimum absolute atomic E-state index is 0.625. The van der Waals surface area contributed by atoms with Gasteiger partial charge < -0.3 is 5.32 Å². The molecule has 1 saturated heterocycles. The lowest BCUT2D eigenvalue weighted by Gasteiger charge is -2.31. The second-order valence-corrected chi connectivity index (χ2v) is 3.80. The third-order valence-corrected chi connectivity index (χ3v) is 3.21. The van der Waals surface area contributed by atoms with Gasteiger partial charge in [-0.05, 0) is 30.7 Å². The van der Waals surface area contributed by atoms with Gasteiger partial charge in [0.15, 0.2) is 0 Å². The summed E-state index contributed by atoms with van der Waals surface area (Å²) in [6, 6.07) is 0. The summed E-state index contributed by atoms with van der Waals surface area (Å²) in [5.74, 6) is 0.840. The van der Waals surface area contributed by atoms with E-state index in [0.29, 0.717) is 5.41 Å². The zero-order valence-electron chi connectivity index (χ0n) is 7.41. The van der Waals surface area contributed by atoms with Gasteiger partial charge in [0.05, 0.1) is 0 Å². The number of hydrogen-bond donors (Lipinski definition) is 1. The monoisotopic (exact) mass is 141 g/mol. The van der Waals surface area contributed by atoms with Crippen LogP contribution in [-0.4, -0.2) is 13.1 Å². The fraction of sp³-hybridized carbons (Fsp3) is 1.00. The zero-order chi connectivity index (χ0) is 7.61. The van der Waals surface area contributed by atoms with E-state index in [1.165, 1.54) is 25.9 Å². The molecule has 1 atom stereocenters. The first kappa shape index (κ1) is 8.06. The largest absolute Gasteiger partial charge is 0.316 e. The molecule has 60 valence electrons. The summed E-state index contributed by atoms with van der Waals surface area (Å²) in [5.41, 5.74) is 0.625. The van der Waals surface area contributed by atoms with Gasteiger partial charge in [0, 0.05) is 6.54 Å².